The predicted octanol–water partition coefficient (Wildman–Crippen LogP) is 2.41. The van der Waals surface area contributed by atoms with E-state index in [0.29, 0.717) is 16.8 Å². The molecule has 0 saturated carbocycles. The molecule has 0 saturated heterocycles. The van der Waals surface area contributed by atoms with Crippen molar-refractivity contribution in [2.24, 2.45) is 0 Å². The first-order valence-electron chi connectivity index (χ1n) is 5.17. The summed E-state index contributed by atoms with van der Waals surface area (Å²) in [4.78, 5) is 15.7. The first-order valence-corrected chi connectivity index (χ1v) is 5.97. The summed E-state index contributed by atoms with van der Waals surface area (Å²) in [5.41, 5.74) is 1.61. The summed E-state index contributed by atoms with van der Waals surface area (Å²) in [5.74, 6) is -0.144. The van der Waals surface area contributed by atoms with Crippen LogP contribution in [0.25, 0.3) is 0 Å². The van der Waals surface area contributed by atoms with E-state index >= 15 is 0 Å². The van der Waals surface area contributed by atoms with Crippen LogP contribution in [0.15, 0.2) is 45.9 Å². The van der Waals surface area contributed by atoms with Gasteiger partial charge < -0.3 is 9.73 Å². The highest BCUT2D eigenvalue weighted by Crippen LogP contribution is 2.16. The largest absolute Gasteiger partial charge is 0.457 e. The van der Waals surface area contributed by atoms with E-state index in [9.17, 15) is 4.79 Å². The molecule has 0 radical (unpaired) electrons. The molecule has 2 aromatic heterocycles. The van der Waals surface area contributed by atoms with Gasteiger partial charge in [0.15, 0.2) is 4.67 Å². The number of amides is 1. The molecule has 5 heteroatoms. The highest BCUT2D eigenvalue weighted by Gasteiger charge is 2.11. The zero-order valence-electron chi connectivity index (χ0n) is 9.02. The Kier molecular flexibility index (Phi) is 3.93. The number of aromatic nitrogens is 1. The summed E-state index contributed by atoms with van der Waals surface area (Å²) < 4.78 is 5.45. The standard InChI is InChI=1S/C12H11BrN2O2/c13-11-10(4-7-17-11)12(16)15-6-3-9-2-1-5-14-8-9/h1-2,4-5,7-8H,3,6H2,(H,15,16). The Morgan fingerprint density at radius 2 is 2.35 bits per heavy atom. The molecular formula is C12H11BrN2O2. The van der Waals surface area contributed by atoms with Crippen LogP contribution in [0, 0.1) is 0 Å². The van der Waals surface area contributed by atoms with Crippen LogP contribution in [0.5, 0.6) is 0 Å². The molecule has 0 unspecified atom stereocenters. The third-order valence-corrected chi connectivity index (χ3v) is 2.90. The molecule has 0 atom stereocenters. The van der Waals surface area contributed by atoms with Crippen molar-refractivity contribution in [1.29, 1.82) is 0 Å². The molecule has 0 bridgehead atoms. The lowest BCUT2D eigenvalue weighted by Crippen LogP contribution is -2.25. The molecule has 0 spiro atoms. The van der Waals surface area contributed by atoms with Crippen LogP contribution in [0.2, 0.25) is 0 Å². The lowest BCUT2D eigenvalue weighted by atomic mass is 10.2. The van der Waals surface area contributed by atoms with Crippen LogP contribution >= 0.6 is 15.9 Å². The number of nitrogens with one attached hydrogen (secondary N) is 1. The van der Waals surface area contributed by atoms with E-state index in [0.717, 1.165) is 12.0 Å². The van der Waals surface area contributed by atoms with E-state index < -0.39 is 0 Å². The van der Waals surface area contributed by atoms with Gasteiger partial charge in [-0.1, -0.05) is 6.07 Å². The van der Waals surface area contributed by atoms with Crippen molar-refractivity contribution >= 4 is 21.8 Å². The summed E-state index contributed by atoms with van der Waals surface area (Å²) in [5, 5.41) is 2.82. The quantitative estimate of drug-likeness (QED) is 0.942. The summed E-state index contributed by atoms with van der Waals surface area (Å²) in [7, 11) is 0. The Morgan fingerprint density at radius 1 is 1.47 bits per heavy atom. The second-order valence-electron chi connectivity index (χ2n) is 3.48. The van der Waals surface area contributed by atoms with Gasteiger partial charge in [0.2, 0.25) is 0 Å². The lowest BCUT2D eigenvalue weighted by molar-refractivity contribution is 0.0952. The molecule has 2 heterocycles. The van der Waals surface area contributed by atoms with E-state index in [-0.39, 0.29) is 5.91 Å². The highest BCUT2D eigenvalue weighted by molar-refractivity contribution is 9.10. The van der Waals surface area contributed by atoms with Crippen LogP contribution in [0.4, 0.5) is 0 Å². The zero-order chi connectivity index (χ0) is 12.1. The average Bonchev–Trinajstić information content (AvgIpc) is 2.77. The van der Waals surface area contributed by atoms with E-state index in [1.807, 2.05) is 12.1 Å². The Morgan fingerprint density at radius 3 is 3.00 bits per heavy atom. The SMILES string of the molecule is O=C(NCCc1cccnc1)c1ccoc1Br. The molecule has 0 aliphatic carbocycles. The molecular weight excluding hydrogens is 284 g/mol. The molecule has 1 N–H and O–H groups in total. The van der Waals surface area contributed by atoms with Crippen molar-refractivity contribution in [2.75, 3.05) is 6.54 Å². The average molecular weight is 295 g/mol. The maximum Gasteiger partial charge on any atom is 0.255 e. The molecule has 17 heavy (non-hydrogen) atoms. The third-order valence-electron chi connectivity index (χ3n) is 2.28. The normalized spacial score (nSPS) is 10.2. The first-order chi connectivity index (χ1) is 8.27. The zero-order valence-corrected chi connectivity index (χ0v) is 10.6. The fourth-order valence-electron chi connectivity index (χ4n) is 1.42. The minimum atomic E-state index is -0.144. The molecule has 0 aliphatic heterocycles. The number of halogens is 1. The van der Waals surface area contributed by atoms with Crippen LogP contribution in [-0.2, 0) is 6.42 Å². The van der Waals surface area contributed by atoms with E-state index in [1.165, 1.54) is 6.26 Å². The molecule has 2 rings (SSSR count). The van der Waals surface area contributed by atoms with Crippen molar-refractivity contribution < 1.29 is 9.21 Å². The van der Waals surface area contributed by atoms with Gasteiger partial charge in [0.25, 0.3) is 5.91 Å². The Hall–Kier alpha value is -1.62. The minimum Gasteiger partial charge on any atom is -0.457 e. The molecule has 0 aliphatic rings. The number of hydrogen-bond acceptors (Lipinski definition) is 3. The van der Waals surface area contributed by atoms with Crippen molar-refractivity contribution in [3.05, 3.63) is 52.7 Å². The molecule has 88 valence electrons. The van der Waals surface area contributed by atoms with Crippen molar-refractivity contribution in [3.8, 4) is 0 Å². The van der Waals surface area contributed by atoms with Crippen molar-refractivity contribution in [3.63, 3.8) is 0 Å². The smallest absolute Gasteiger partial charge is 0.255 e. The second kappa shape index (κ2) is 5.63. The molecule has 0 fully saturated rings. The van der Waals surface area contributed by atoms with E-state index in [1.54, 1.807) is 18.5 Å². The van der Waals surface area contributed by atoms with Gasteiger partial charge in [-0.05, 0) is 40.0 Å². The number of hydrogen-bond donors (Lipinski definition) is 1. The van der Waals surface area contributed by atoms with Crippen LogP contribution in [0.1, 0.15) is 15.9 Å². The molecule has 2 aromatic rings. The number of nitrogens with zero attached hydrogens (tertiary/aromatic N) is 1. The summed E-state index contributed by atoms with van der Waals surface area (Å²) in [6.45, 7) is 0.572. The number of furan rings is 1. The van der Waals surface area contributed by atoms with Crippen LogP contribution in [0.3, 0.4) is 0 Å². The van der Waals surface area contributed by atoms with E-state index in [2.05, 4.69) is 26.2 Å². The fourth-order valence-corrected chi connectivity index (χ4v) is 1.84. The van der Waals surface area contributed by atoms with Gasteiger partial charge in [0, 0.05) is 18.9 Å². The van der Waals surface area contributed by atoms with Gasteiger partial charge in [-0.15, -0.1) is 0 Å². The van der Waals surface area contributed by atoms with Gasteiger partial charge in [0.05, 0.1) is 11.8 Å². The maximum absolute atomic E-state index is 11.7. The molecule has 0 aromatic carbocycles. The highest BCUT2D eigenvalue weighted by atomic mass is 79.9. The fraction of sp³-hybridized carbons (Fsp3) is 0.167. The van der Waals surface area contributed by atoms with Crippen molar-refractivity contribution in [2.45, 2.75) is 6.42 Å². The summed E-state index contributed by atoms with van der Waals surface area (Å²) in [6.07, 6.45) is 5.75. The number of carbonyl (C=O) groups excluding carboxylic acids is 1. The summed E-state index contributed by atoms with van der Waals surface area (Å²) in [6, 6.07) is 5.49. The van der Waals surface area contributed by atoms with Gasteiger partial charge in [0.1, 0.15) is 0 Å². The molecule has 1 amide bonds. The van der Waals surface area contributed by atoms with Crippen LogP contribution in [-0.4, -0.2) is 17.4 Å². The van der Waals surface area contributed by atoms with Gasteiger partial charge in [-0.25, -0.2) is 0 Å². The van der Waals surface area contributed by atoms with Crippen molar-refractivity contribution in [1.82, 2.24) is 10.3 Å². The van der Waals surface area contributed by atoms with Gasteiger partial charge >= 0.3 is 0 Å². The Balaban J connectivity index is 1.84. The summed E-state index contributed by atoms with van der Waals surface area (Å²) >= 11 is 3.17. The monoisotopic (exact) mass is 294 g/mol. The topological polar surface area (TPSA) is 55.1 Å². The van der Waals surface area contributed by atoms with Crippen LogP contribution < -0.4 is 5.32 Å². The number of rotatable bonds is 4. The predicted molar refractivity (Wildman–Crippen MR) is 66.7 cm³/mol. The third kappa shape index (κ3) is 3.17. The number of pyridine rings is 1. The molecule has 4 nitrogen and oxygen atoms in total. The minimum absolute atomic E-state index is 0.144. The van der Waals surface area contributed by atoms with Gasteiger partial charge in [-0.3, -0.25) is 9.78 Å². The van der Waals surface area contributed by atoms with E-state index in [4.69, 9.17) is 4.42 Å². The Labute approximate surface area is 107 Å². The number of carbonyl (C=O) groups is 1. The van der Waals surface area contributed by atoms with Gasteiger partial charge in [-0.2, -0.15) is 0 Å². The Bertz CT molecular complexity index is 496. The maximum atomic E-state index is 11.7. The second-order valence-corrected chi connectivity index (χ2v) is 4.20. The lowest BCUT2D eigenvalue weighted by Gasteiger charge is -2.03. The first kappa shape index (κ1) is 11.9.